The molecule has 0 bridgehead atoms. The summed E-state index contributed by atoms with van der Waals surface area (Å²) in [4.78, 5) is 2.26. The van der Waals surface area contributed by atoms with E-state index in [1.807, 2.05) is 0 Å². The number of rotatable bonds is 2. The summed E-state index contributed by atoms with van der Waals surface area (Å²) < 4.78 is 0. The molecule has 2 N–H and O–H groups in total. The molecule has 4 heteroatoms. The second-order valence-electron chi connectivity index (χ2n) is 4.34. The van der Waals surface area contributed by atoms with E-state index in [-0.39, 0.29) is 0 Å². The van der Waals surface area contributed by atoms with Crippen LogP contribution < -0.4 is 10.6 Å². The molecule has 1 saturated heterocycles. The van der Waals surface area contributed by atoms with Crippen molar-refractivity contribution in [3.05, 3.63) is 22.2 Å². The van der Waals surface area contributed by atoms with E-state index in [4.69, 9.17) is 28.9 Å². The second kappa shape index (κ2) is 4.72. The lowest BCUT2D eigenvalue weighted by Crippen LogP contribution is -2.20. The van der Waals surface area contributed by atoms with Crippen molar-refractivity contribution in [1.29, 1.82) is 0 Å². The van der Waals surface area contributed by atoms with E-state index in [0.29, 0.717) is 15.7 Å². The molecule has 1 aromatic rings. The molecule has 0 radical (unpaired) electrons. The van der Waals surface area contributed by atoms with Crippen molar-refractivity contribution in [2.45, 2.75) is 19.8 Å². The van der Waals surface area contributed by atoms with Crippen LogP contribution in [0.1, 0.15) is 19.8 Å². The Balaban J connectivity index is 2.28. The van der Waals surface area contributed by atoms with Gasteiger partial charge in [0.25, 0.3) is 0 Å². The van der Waals surface area contributed by atoms with Crippen LogP contribution in [0.4, 0.5) is 11.4 Å². The third-order valence-electron chi connectivity index (χ3n) is 3.22. The first-order valence-electron chi connectivity index (χ1n) is 5.61. The van der Waals surface area contributed by atoms with Crippen LogP contribution in [0.3, 0.4) is 0 Å². The predicted molar refractivity (Wildman–Crippen MR) is 71.5 cm³/mol. The quantitative estimate of drug-likeness (QED) is 0.818. The molecule has 0 spiro atoms. The molecule has 16 heavy (non-hydrogen) atoms. The van der Waals surface area contributed by atoms with Crippen molar-refractivity contribution in [2.24, 2.45) is 5.92 Å². The Kier molecular flexibility index (Phi) is 3.50. The monoisotopic (exact) mass is 258 g/mol. The highest BCUT2D eigenvalue weighted by Crippen LogP contribution is 2.38. The van der Waals surface area contributed by atoms with Gasteiger partial charge in [-0.1, -0.05) is 36.5 Å². The Labute approximate surface area is 106 Å². The van der Waals surface area contributed by atoms with E-state index in [0.717, 1.165) is 24.7 Å². The van der Waals surface area contributed by atoms with E-state index in [2.05, 4.69) is 11.8 Å². The number of halogens is 2. The lowest BCUT2D eigenvalue weighted by Gasteiger charge is -2.21. The average molecular weight is 259 g/mol. The zero-order valence-corrected chi connectivity index (χ0v) is 10.9. The highest BCUT2D eigenvalue weighted by molar-refractivity contribution is 6.39. The van der Waals surface area contributed by atoms with Gasteiger partial charge in [0.2, 0.25) is 0 Å². The fourth-order valence-electron chi connectivity index (χ4n) is 2.26. The standard InChI is InChI=1S/C12H16Cl2N2/c1-2-8-3-4-16(7-8)12-10(13)5-9(15)6-11(12)14/h5-6,8H,2-4,7,15H2,1H3. The van der Waals surface area contributed by atoms with Gasteiger partial charge in [0.15, 0.2) is 0 Å². The molecule has 0 aliphatic carbocycles. The molecule has 1 heterocycles. The molecule has 1 aliphatic heterocycles. The first kappa shape index (κ1) is 11.9. The Morgan fingerprint density at radius 1 is 1.38 bits per heavy atom. The van der Waals surface area contributed by atoms with E-state index >= 15 is 0 Å². The zero-order chi connectivity index (χ0) is 11.7. The number of nitrogens with two attached hydrogens (primary N) is 1. The Morgan fingerprint density at radius 3 is 2.50 bits per heavy atom. The molecule has 1 fully saturated rings. The van der Waals surface area contributed by atoms with Gasteiger partial charge in [0.05, 0.1) is 15.7 Å². The molecule has 0 aromatic heterocycles. The predicted octanol–water partition coefficient (Wildman–Crippen LogP) is 3.81. The number of hydrogen-bond acceptors (Lipinski definition) is 2. The van der Waals surface area contributed by atoms with Crippen LogP contribution in [-0.2, 0) is 0 Å². The fraction of sp³-hybridized carbons (Fsp3) is 0.500. The molecule has 0 amide bonds. The summed E-state index contributed by atoms with van der Waals surface area (Å²) in [5.74, 6) is 0.754. The van der Waals surface area contributed by atoms with Gasteiger partial charge >= 0.3 is 0 Å². The highest BCUT2D eigenvalue weighted by atomic mass is 35.5. The van der Waals surface area contributed by atoms with Crippen LogP contribution in [0.5, 0.6) is 0 Å². The molecule has 1 aromatic carbocycles. The maximum atomic E-state index is 6.20. The maximum absolute atomic E-state index is 6.20. The van der Waals surface area contributed by atoms with Gasteiger partial charge in [0, 0.05) is 18.8 Å². The van der Waals surface area contributed by atoms with Crippen LogP contribution in [0.2, 0.25) is 10.0 Å². The molecule has 0 saturated carbocycles. The number of nitrogens with zero attached hydrogens (tertiary/aromatic N) is 1. The normalized spacial score (nSPS) is 20.4. The maximum Gasteiger partial charge on any atom is 0.0746 e. The summed E-state index contributed by atoms with van der Waals surface area (Å²) in [5.41, 5.74) is 7.25. The van der Waals surface area contributed by atoms with Gasteiger partial charge in [-0.2, -0.15) is 0 Å². The molecular formula is C12H16Cl2N2. The molecule has 2 rings (SSSR count). The lowest BCUT2D eigenvalue weighted by molar-refractivity contribution is 0.569. The SMILES string of the molecule is CCC1CCN(c2c(Cl)cc(N)cc2Cl)C1. The Morgan fingerprint density at radius 2 is 2.00 bits per heavy atom. The minimum absolute atomic E-state index is 0.616. The zero-order valence-electron chi connectivity index (χ0n) is 9.34. The van der Waals surface area contributed by atoms with Crippen molar-refractivity contribution in [1.82, 2.24) is 0 Å². The van der Waals surface area contributed by atoms with Crippen molar-refractivity contribution in [3.63, 3.8) is 0 Å². The van der Waals surface area contributed by atoms with Gasteiger partial charge in [-0.15, -0.1) is 0 Å². The lowest BCUT2D eigenvalue weighted by atomic mass is 10.1. The van der Waals surface area contributed by atoms with Crippen molar-refractivity contribution in [3.8, 4) is 0 Å². The molecule has 88 valence electrons. The summed E-state index contributed by atoms with van der Waals surface area (Å²) >= 11 is 12.4. The minimum Gasteiger partial charge on any atom is -0.399 e. The molecule has 1 atom stereocenters. The first-order chi connectivity index (χ1) is 7.61. The van der Waals surface area contributed by atoms with E-state index < -0.39 is 0 Å². The van der Waals surface area contributed by atoms with Crippen LogP contribution in [0, 0.1) is 5.92 Å². The molecular weight excluding hydrogens is 243 g/mol. The van der Waals surface area contributed by atoms with Crippen LogP contribution in [0.25, 0.3) is 0 Å². The number of nitrogen functional groups attached to an aromatic ring is 1. The van der Waals surface area contributed by atoms with E-state index in [1.54, 1.807) is 12.1 Å². The van der Waals surface area contributed by atoms with Gasteiger partial charge in [0.1, 0.15) is 0 Å². The first-order valence-corrected chi connectivity index (χ1v) is 6.37. The number of hydrogen-bond donors (Lipinski definition) is 1. The van der Waals surface area contributed by atoms with Gasteiger partial charge in [-0.3, -0.25) is 0 Å². The van der Waals surface area contributed by atoms with Crippen molar-refractivity contribution in [2.75, 3.05) is 23.7 Å². The average Bonchev–Trinajstić information content (AvgIpc) is 2.64. The largest absolute Gasteiger partial charge is 0.399 e. The summed E-state index contributed by atoms with van der Waals surface area (Å²) in [6.45, 7) is 4.29. The Bertz CT molecular complexity index is 370. The number of anilines is 2. The summed E-state index contributed by atoms with van der Waals surface area (Å²) in [7, 11) is 0. The fourth-order valence-corrected chi connectivity index (χ4v) is 3.00. The topological polar surface area (TPSA) is 29.3 Å². The van der Waals surface area contributed by atoms with Crippen LogP contribution in [0.15, 0.2) is 12.1 Å². The van der Waals surface area contributed by atoms with Crippen molar-refractivity contribution < 1.29 is 0 Å². The van der Waals surface area contributed by atoms with Gasteiger partial charge < -0.3 is 10.6 Å². The third kappa shape index (κ3) is 2.23. The van der Waals surface area contributed by atoms with E-state index in [9.17, 15) is 0 Å². The molecule has 1 unspecified atom stereocenters. The molecule has 2 nitrogen and oxygen atoms in total. The van der Waals surface area contributed by atoms with Crippen molar-refractivity contribution >= 4 is 34.6 Å². The van der Waals surface area contributed by atoms with E-state index in [1.165, 1.54) is 12.8 Å². The summed E-state index contributed by atoms with van der Waals surface area (Å²) in [6, 6.07) is 3.53. The van der Waals surface area contributed by atoms with Crippen LogP contribution >= 0.6 is 23.2 Å². The Hall–Kier alpha value is -0.600. The highest BCUT2D eigenvalue weighted by Gasteiger charge is 2.24. The number of benzene rings is 1. The molecule has 1 aliphatic rings. The van der Waals surface area contributed by atoms with Gasteiger partial charge in [-0.05, 0) is 24.5 Å². The minimum atomic E-state index is 0.616. The third-order valence-corrected chi connectivity index (χ3v) is 3.79. The van der Waals surface area contributed by atoms with Crippen LogP contribution in [-0.4, -0.2) is 13.1 Å². The summed E-state index contributed by atoms with van der Waals surface area (Å²) in [5, 5.41) is 1.31. The second-order valence-corrected chi connectivity index (χ2v) is 5.16. The smallest absolute Gasteiger partial charge is 0.0746 e. The summed E-state index contributed by atoms with van der Waals surface area (Å²) in [6.07, 6.45) is 2.42. The van der Waals surface area contributed by atoms with Gasteiger partial charge in [-0.25, -0.2) is 0 Å².